The van der Waals surface area contributed by atoms with Crippen LogP contribution in [0.3, 0.4) is 0 Å². The summed E-state index contributed by atoms with van der Waals surface area (Å²) in [4.78, 5) is 35.8. The van der Waals surface area contributed by atoms with Crippen LogP contribution in [0.1, 0.15) is 12.6 Å². The maximum atomic E-state index is 11.9. The number of nitrogens with zero attached hydrogens (tertiary/aromatic N) is 4. The predicted octanol–water partition coefficient (Wildman–Crippen LogP) is 2.18. The topological polar surface area (TPSA) is 189 Å². The summed E-state index contributed by atoms with van der Waals surface area (Å²) >= 11 is 6.09. The highest BCUT2D eigenvalue weighted by Gasteiger charge is 2.39. The number of aliphatic hydroxyl groups excluding tert-OH is 1. The van der Waals surface area contributed by atoms with Crippen LogP contribution in [0.5, 0.6) is 0 Å². The van der Waals surface area contributed by atoms with Crippen molar-refractivity contribution in [3.05, 3.63) is 48.4 Å². The second kappa shape index (κ2) is 10.8. The number of rotatable bonds is 11. The zero-order chi connectivity index (χ0) is 25.1. The molecule has 0 aliphatic carbocycles. The molecule has 0 saturated carbocycles. The smallest absolute Gasteiger partial charge is 0.340 e. The van der Waals surface area contributed by atoms with E-state index >= 15 is 0 Å². The van der Waals surface area contributed by atoms with Gasteiger partial charge in [-0.2, -0.15) is 15.1 Å². The lowest BCUT2D eigenvalue weighted by molar-refractivity contribution is -0.0434. The van der Waals surface area contributed by atoms with Gasteiger partial charge in [0.15, 0.2) is 17.8 Å². The fraction of sp³-hybridized carbons (Fsp3) is 0.389. The zero-order valence-corrected chi connectivity index (χ0v) is 20.3. The van der Waals surface area contributed by atoms with Crippen molar-refractivity contribution in [1.29, 1.82) is 0 Å². The minimum Gasteiger partial charge on any atom is -0.390 e. The highest BCUT2D eigenvalue weighted by Crippen LogP contribution is 2.55. The third-order valence-electron chi connectivity index (χ3n) is 4.76. The summed E-state index contributed by atoms with van der Waals surface area (Å²) in [6, 6.07) is 0. The lowest BCUT2D eigenvalue weighted by Crippen LogP contribution is -2.26. The summed E-state index contributed by atoms with van der Waals surface area (Å²) in [6.45, 7) is 7.21. The highest BCUT2D eigenvalue weighted by molar-refractivity contribution is 7.70. The van der Waals surface area contributed by atoms with Crippen LogP contribution in [0.25, 0.3) is 11.0 Å². The minimum atomic E-state index is -4.77. The largest absolute Gasteiger partial charge is 0.390 e. The second-order valence-corrected chi connectivity index (χ2v) is 11.7. The number of halogens is 1. The first-order valence-corrected chi connectivity index (χ1v) is 13.8. The minimum absolute atomic E-state index is 0.0477. The Morgan fingerprint density at radius 3 is 2.74 bits per heavy atom. The molecule has 186 valence electrons. The van der Waals surface area contributed by atoms with Crippen molar-refractivity contribution in [3.8, 4) is 0 Å². The van der Waals surface area contributed by atoms with Crippen molar-refractivity contribution in [2.75, 3.05) is 24.4 Å². The van der Waals surface area contributed by atoms with Crippen LogP contribution in [-0.4, -0.2) is 70.8 Å². The van der Waals surface area contributed by atoms with E-state index < -0.39 is 46.1 Å². The molecular weight excluding hydrogens is 512 g/mol. The molecule has 2 aromatic heterocycles. The van der Waals surface area contributed by atoms with Crippen molar-refractivity contribution in [2.24, 2.45) is 0 Å². The average Bonchev–Trinajstić information content (AvgIpc) is 3.30. The molecule has 3 heterocycles. The van der Waals surface area contributed by atoms with Crippen molar-refractivity contribution < 1.29 is 38.2 Å². The van der Waals surface area contributed by atoms with Gasteiger partial charge in [-0.1, -0.05) is 31.4 Å². The number of hydrogen-bond donors (Lipinski definition) is 5. The second-order valence-electron chi connectivity index (χ2n) is 7.37. The molecule has 1 fully saturated rings. The molecule has 0 amide bonds. The molecule has 4 atom stereocenters. The van der Waals surface area contributed by atoms with Gasteiger partial charge >= 0.3 is 15.2 Å². The molecule has 0 bridgehead atoms. The van der Waals surface area contributed by atoms with Gasteiger partial charge in [-0.05, 0) is 17.2 Å². The molecule has 5 N–H and O–H groups in total. The van der Waals surface area contributed by atoms with Gasteiger partial charge in [-0.3, -0.25) is 9.13 Å². The summed E-state index contributed by atoms with van der Waals surface area (Å²) in [6.07, 6.45) is 3.66. The Labute approximate surface area is 199 Å². The molecule has 1 saturated heterocycles. The van der Waals surface area contributed by atoms with E-state index in [0.29, 0.717) is 23.4 Å². The van der Waals surface area contributed by atoms with Gasteiger partial charge in [-0.15, -0.1) is 0 Å². The van der Waals surface area contributed by atoms with Crippen molar-refractivity contribution >= 4 is 43.6 Å². The van der Waals surface area contributed by atoms with Gasteiger partial charge in [-0.25, -0.2) is 4.68 Å². The summed E-state index contributed by atoms with van der Waals surface area (Å²) < 4.78 is 34.7. The van der Waals surface area contributed by atoms with Gasteiger partial charge in [0.1, 0.15) is 11.9 Å². The van der Waals surface area contributed by atoms with Crippen LogP contribution in [0.2, 0.25) is 5.28 Å². The fourth-order valence-electron chi connectivity index (χ4n) is 3.26. The molecule has 0 aromatic carbocycles. The van der Waals surface area contributed by atoms with Crippen LogP contribution in [0, 0.1) is 0 Å². The third-order valence-corrected chi connectivity index (χ3v) is 8.39. The number of anilines is 1. The molecule has 1 aliphatic heterocycles. The van der Waals surface area contributed by atoms with E-state index in [1.807, 2.05) is 0 Å². The van der Waals surface area contributed by atoms with Crippen LogP contribution in [-0.2, 0) is 18.4 Å². The molecule has 0 radical (unpaired) electrons. The number of fused-ring (bicyclic) bond motifs is 1. The van der Waals surface area contributed by atoms with E-state index in [1.54, 1.807) is 18.2 Å². The predicted molar refractivity (Wildman–Crippen MR) is 125 cm³/mol. The molecule has 2 aromatic rings. The van der Waals surface area contributed by atoms with E-state index in [9.17, 15) is 19.1 Å². The fourth-order valence-corrected chi connectivity index (χ4v) is 5.99. The first-order valence-electron chi connectivity index (χ1n) is 9.85. The Balaban J connectivity index is 1.76. The van der Waals surface area contributed by atoms with Crippen LogP contribution in [0.15, 0.2) is 43.2 Å². The van der Waals surface area contributed by atoms with Crippen LogP contribution < -0.4 is 5.32 Å². The first-order chi connectivity index (χ1) is 15.9. The normalized spacial score (nSPS) is 23.1. The Morgan fingerprint density at radius 1 is 1.35 bits per heavy atom. The van der Waals surface area contributed by atoms with Crippen molar-refractivity contribution in [3.63, 3.8) is 0 Å². The van der Waals surface area contributed by atoms with Gasteiger partial charge in [0.25, 0.3) is 0 Å². The summed E-state index contributed by atoms with van der Waals surface area (Å²) in [5, 5.41) is 18.2. The van der Waals surface area contributed by atoms with Crippen LogP contribution in [0.4, 0.5) is 5.82 Å². The summed E-state index contributed by atoms with van der Waals surface area (Å²) in [5.41, 5.74) is 1.18. The van der Waals surface area contributed by atoms with E-state index in [1.165, 1.54) is 10.9 Å². The molecular formula is C18H24ClN5O8P2. The quantitative estimate of drug-likeness (QED) is 0.160. The third kappa shape index (κ3) is 6.82. The SMILES string of the molecule is C=C/C=C(\C=C)CNc1nc(Cl)nc2c1cnn2[C@H]1C[C@H](O)[C@@H](COP(=O)(O)CP(=O)(O)O)O1. The molecule has 1 aliphatic rings. The van der Waals surface area contributed by atoms with Crippen molar-refractivity contribution in [1.82, 2.24) is 19.7 Å². The summed E-state index contributed by atoms with van der Waals surface area (Å²) in [5.74, 6) is -0.924. The maximum Gasteiger partial charge on any atom is 0.340 e. The Morgan fingerprint density at radius 2 is 2.09 bits per heavy atom. The van der Waals surface area contributed by atoms with Gasteiger partial charge in [0.05, 0.1) is 24.3 Å². The summed E-state index contributed by atoms with van der Waals surface area (Å²) in [7, 11) is -9.36. The lowest BCUT2D eigenvalue weighted by atomic mass is 10.2. The van der Waals surface area contributed by atoms with Gasteiger partial charge in [0.2, 0.25) is 5.28 Å². The number of nitrogens with one attached hydrogen (secondary N) is 1. The highest BCUT2D eigenvalue weighted by atomic mass is 35.5. The first kappa shape index (κ1) is 26.7. The van der Waals surface area contributed by atoms with E-state index in [4.69, 9.17) is 30.6 Å². The zero-order valence-electron chi connectivity index (χ0n) is 17.8. The number of hydrogen-bond acceptors (Lipinski definition) is 9. The van der Waals surface area contributed by atoms with E-state index in [-0.39, 0.29) is 11.7 Å². The molecule has 0 spiro atoms. The monoisotopic (exact) mass is 535 g/mol. The number of ether oxygens (including phenoxy) is 1. The Hall–Kier alpha value is -1.92. The van der Waals surface area contributed by atoms with E-state index in [2.05, 4.69) is 33.5 Å². The Bertz CT molecular complexity index is 1200. The van der Waals surface area contributed by atoms with Gasteiger partial charge < -0.3 is 34.4 Å². The maximum absolute atomic E-state index is 11.9. The molecule has 3 rings (SSSR count). The lowest BCUT2D eigenvalue weighted by Gasteiger charge is -2.18. The average molecular weight is 536 g/mol. The molecule has 16 heteroatoms. The van der Waals surface area contributed by atoms with E-state index in [0.717, 1.165) is 5.57 Å². The number of allylic oxidation sites excluding steroid dienone is 2. The number of aliphatic hydroxyl groups is 1. The molecule has 34 heavy (non-hydrogen) atoms. The molecule has 13 nitrogen and oxygen atoms in total. The van der Waals surface area contributed by atoms with Crippen molar-refractivity contribution in [2.45, 2.75) is 24.9 Å². The Kier molecular flexibility index (Phi) is 8.46. The standard InChI is InChI=1S/C18H24ClN5O8P2/c1-3-5-11(4-2)7-20-16-12-8-21-24(17(12)23-18(19)22-16)15-6-13(25)14(32-15)9-31-34(29,30)10-33(26,27)28/h3-5,8,13-15,25H,1-2,6-7,9-10H2,(H,29,30)(H,20,22,23)(H2,26,27,28)/b11-5+/t13-,14+,15+/m0/s1. The van der Waals surface area contributed by atoms with Gasteiger partial charge in [0, 0.05) is 13.0 Å². The van der Waals surface area contributed by atoms with Crippen LogP contribution >= 0.6 is 26.8 Å². The number of aromatic nitrogens is 4. The molecule has 1 unspecified atom stereocenters.